The zero-order valence-electron chi connectivity index (χ0n) is 16.3. The molecule has 3 rings (SSSR count). The van der Waals surface area contributed by atoms with Crippen molar-refractivity contribution in [2.75, 3.05) is 54.4 Å². The number of piperazine rings is 1. The maximum absolute atomic E-state index is 13.3. The number of carbonyl (C=O) groups is 1. The Morgan fingerprint density at radius 1 is 0.964 bits per heavy atom. The minimum atomic E-state index is -0.976. The molecule has 0 unspecified atom stereocenters. The molecule has 5 nitrogen and oxygen atoms in total. The van der Waals surface area contributed by atoms with Gasteiger partial charge < -0.3 is 20.0 Å². The molecule has 0 spiro atoms. The Labute approximate surface area is 164 Å². The van der Waals surface area contributed by atoms with Crippen LogP contribution < -0.4 is 15.1 Å². The Morgan fingerprint density at radius 2 is 1.61 bits per heavy atom. The van der Waals surface area contributed by atoms with Crippen LogP contribution in [0.5, 0.6) is 0 Å². The standard InChI is InChI=1S/C21H26F2N4O/c1-3-25(4-2)17-6-8-18(9-7-17)26-11-13-27(14-12-26)21(28)24-16-5-10-19(22)20(23)15-16/h5-10,15H,3-4,11-14H2,1-2H3,(H,24,28). The molecule has 0 radical (unpaired) electrons. The van der Waals surface area contributed by atoms with Crippen LogP contribution in [-0.4, -0.2) is 50.2 Å². The quantitative estimate of drug-likeness (QED) is 0.836. The first-order chi connectivity index (χ1) is 13.5. The molecule has 0 atom stereocenters. The van der Waals surface area contributed by atoms with Gasteiger partial charge in [-0.05, 0) is 50.2 Å². The van der Waals surface area contributed by atoms with Crippen LogP contribution in [0, 0.1) is 11.6 Å². The van der Waals surface area contributed by atoms with Crippen LogP contribution in [0.1, 0.15) is 13.8 Å². The van der Waals surface area contributed by atoms with Gasteiger partial charge in [-0.1, -0.05) is 0 Å². The van der Waals surface area contributed by atoms with Gasteiger partial charge in [0.15, 0.2) is 11.6 Å². The molecule has 1 fully saturated rings. The van der Waals surface area contributed by atoms with E-state index in [1.165, 1.54) is 11.8 Å². The van der Waals surface area contributed by atoms with Gasteiger partial charge in [-0.2, -0.15) is 0 Å². The van der Waals surface area contributed by atoms with Crippen LogP contribution in [0.15, 0.2) is 42.5 Å². The van der Waals surface area contributed by atoms with Crippen LogP contribution in [0.2, 0.25) is 0 Å². The molecule has 0 saturated carbocycles. The highest BCUT2D eigenvalue weighted by atomic mass is 19.2. The van der Waals surface area contributed by atoms with Crippen molar-refractivity contribution in [2.45, 2.75) is 13.8 Å². The van der Waals surface area contributed by atoms with Gasteiger partial charge in [0.2, 0.25) is 0 Å². The summed E-state index contributed by atoms with van der Waals surface area (Å²) >= 11 is 0. The molecule has 7 heteroatoms. The van der Waals surface area contributed by atoms with Crippen LogP contribution in [0.25, 0.3) is 0 Å². The first kappa shape index (κ1) is 19.9. The number of nitrogens with one attached hydrogen (secondary N) is 1. The number of halogens is 2. The van der Waals surface area contributed by atoms with Gasteiger partial charge >= 0.3 is 6.03 Å². The number of urea groups is 1. The Bertz CT molecular complexity index is 801. The normalized spacial score (nSPS) is 14.1. The van der Waals surface area contributed by atoms with E-state index in [0.29, 0.717) is 13.1 Å². The second-order valence-corrected chi connectivity index (χ2v) is 6.72. The predicted octanol–water partition coefficient (Wildman–Crippen LogP) is 4.17. The molecule has 1 aliphatic heterocycles. The van der Waals surface area contributed by atoms with Crippen molar-refractivity contribution in [3.8, 4) is 0 Å². The number of anilines is 3. The van der Waals surface area contributed by atoms with Crippen LogP contribution >= 0.6 is 0 Å². The molecule has 2 aromatic carbocycles. The minimum Gasteiger partial charge on any atom is -0.372 e. The van der Waals surface area contributed by atoms with Gasteiger partial charge in [-0.15, -0.1) is 0 Å². The fourth-order valence-electron chi connectivity index (χ4n) is 3.41. The largest absolute Gasteiger partial charge is 0.372 e. The number of benzene rings is 2. The molecule has 28 heavy (non-hydrogen) atoms. The molecular weight excluding hydrogens is 362 g/mol. The lowest BCUT2D eigenvalue weighted by molar-refractivity contribution is 0.208. The summed E-state index contributed by atoms with van der Waals surface area (Å²) in [5, 5.41) is 2.62. The summed E-state index contributed by atoms with van der Waals surface area (Å²) in [5.74, 6) is -1.91. The minimum absolute atomic E-state index is 0.248. The molecule has 1 N–H and O–H groups in total. The summed E-state index contributed by atoms with van der Waals surface area (Å²) in [6, 6.07) is 11.5. The lowest BCUT2D eigenvalue weighted by Crippen LogP contribution is -2.50. The number of nitrogens with zero attached hydrogens (tertiary/aromatic N) is 3. The average molecular weight is 388 g/mol. The Hall–Kier alpha value is -2.83. The zero-order valence-corrected chi connectivity index (χ0v) is 16.3. The van der Waals surface area contributed by atoms with Crippen LogP contribution in [-0.2, 0) is 0 Å². The summed E-state index contributed by atoms with van der Waals surface area (Å²) in [7, 11) is 0. The fourth-order valence-corrected chi connectivity index (χ4v) is 3.41. The molecule has 1 heterocycles. The number of hydrogen-bond acceptors (Lipinski definition) is 3. The van der Waals surface area contributed by atoms with Crippen LogP contribution in [0.3, 0.4) is 0 Å². The molecule has 0 aliphatic carbocycles. The Morgan fingerprint density at radius 3 is 2.18 bits per heavy atom. The van der Waals surface area contributed by atoms with E-state index in [-0.39, 0.29) is 11.7 Å². The second kappa shape index (κ2) is 8.91. The SMILES string of the molecule is CCN(CC)c1ccc(N2CCN(C(=O)Nc3ccc(F)c(F)c3)CC2)cc1. The second-order valence-electron chi connectivity index (χ2n) is 6.72. The van der Waals surface area contributed by atoms with Crippen molar-refractivity contribution in [2.24, 2.45) is 0 Å². The van der Waals surface area contributed by atoms with Gasteiger partial charge in [-0.3, -0.25) is 0 Å². The van der Waals surface area contributed by atoms with Crippen molar-refractivity contribution in [1.82, 2.24) is 4.90 Å². The molecule has 2 amide bonds. The highest BCUT2D eigenvalue weighted by Gasteiger charge is 2.21. The summed E-state index contributed by atoms with van der Waals surface area (Å²) in [5.41, 5.74) is 2.59. The topological polar surface area (TPSA) is 38.8 Å². The average Bonchev–Trinajstić information content (AvgIpc) is 2.72. The molecule has 0 aromatic heterocycles. The molecule has 2 aromatic rings. The maximum atomic E-state index is 13.3. The van der Waals surface area contributed by atoms with E-state index in [1.54, 1.807) is 4.90 Å². The number of carbonyl (C=O) groups excluding carboxylic acids is 1. The summed E-state index contributed by atoms with van der Waals surface area (Å²) in [4.78, 5) is 18.6. The van der Waals surface area contributed by atoms with E-state index in [9.17, 15) is 13.6 Å². The van der Waals surface area contributed by atoms with Crippen molar-refractivity contribution in [3.05, 3.63) is 54.1 Å². The third-order valence-corrected chi connectivity index (χ3v) is 5.08. The van der Waals surface area contributed by atoms with Gasteiger partial charge in [0.05, 0.1) is 0 Å². The summed E-state index contributed by atoms with van der Waals surface area (Å²) in [6.07, 6.45) is 0. The maximum Gasteiger partial charge on any atom is 0.321 e. The van der Waals surface area contributed by atoms with Crippen molar-refractivity contribution in [3.63, 3.8) is 0 Å². The first-order valence-corrected chi connectivity index (χ1v) is 9.62. The van der Waals surface area contributed by atoms with Gasteiger partial charge in [-0.25, -0.2) is 13.6 Å². The van der Waals surface area contributed by atoms with E-state index in [1.807, 2.05) is 0 Å². The molecular formula is C21H26F2N4O. The number of rotatable bonds is 5. The van der Waals surface area contributed by atoms with Crippen LogP contribution in [0.4, 0.5) is 30.6 Å². The highest BCUT2D eigenvalue weighted by molar-refractivity contribution is 5.89. The molecule has 0 bridgehead atoms. The Balaban J connectivity index is 1.55. The number of amides is 2. The lowest BCUT2D eigenvalue weighted by Gasteiger charge is -2.36. The number of hydrogen-bond donors (Lipinski definition) is 1. The van der Waals surface area contributed by atoms with Crippen molar-refractivity contribution in [1.29, 1.82) is 0 Å². The summed E-state index contributed by atoms with van der Waals surface area (Å²) in [6.45, 7) is 8.79. The molecule has 1 saturated heterocycles. The van der Waals surface area contributed by atoms with Gasteiger partial charge in [0.1, 0.15) is 0 Å². The van der Waals surface area contributed by atoms with Crippen molar-refractivity contribution < 1.29 is 13.6 Å². The Kier molecular flexibility index (Phi) is 6.34. The van der Waals surface area contributed by atoms with E-state index >= 15 is 0 Å². The predicted molar refractivity (Wildman–Crippen MR) is 109 cm³/mol. The third kappa shape index (κ3) is 4.52. The summed E-state index contributed by atoms with van der Waals surface area (Å²) < 4.78 is 26.3. The zero-order chi connectivity index (χ0) is 20.1. The first-order valence-electron chi connectivity index (χ1n) is 9.62. The lowest BCUT2D eigenvalue weighted by atomic mass is 10.2. The van der Waals surface area contributed by atoms with Crippen molar-refractivity contribution >= 4 is 23.1 Å². The third-order valence-electron chi connectivity index (χ3n) is 5.08. The smallest absolute Gasteiger partial charge is 0.321 e. The van der Waals surface area contributed by atoms with Gasteiger partial charge in [0, 0.05) is 62.4 Å². The van der Waals surface area contributed by atoms with Gasteiger partial charge in [0.25, 0.3) is 0 Å². The monoisotopic (exact) mass is 388 g/mol. The van der Waals surface area contributed by atoms with E-state index in [2.05, 4.69) is 53.2 Å². The highest BCUT2D eigenvalue weighted by Crippen LogP contribution is 2.22. The fraction of sp³-hybridized carbons (Fsp3) is 0.381. The van der Waals surface area contributed by atoms with E-state index in [0.717, 1.165) is 44.0 Å². The van der Waals surface area contributed by atoms with E-state index < -0.39 is 11.6 Å². The van der Waals surface area contributed by atoms with E-state index in [4.69, 9.17) is 0 Å². The molecule has 1 aliphatic rings. The molecule has 150 valence electrons.